The molecule has 0 saturated heterocycles. The molecule has 68 valence electrons. The van der Waals surface area contributed by atoms with Crippen LogP contribution in [0.2, 0.25) is 0 Å². The second-order valence-electron chi connectivity index (χ2n) is 2.86. The summed E-state index contributed by atoms with van der Waals surface area (Å²) in [7, 11) is 0. The third-order valence-electron chi connectivity index (χ3n) is 2.04. The van der Waals surface area contributed by atoms with E-state index in [2.05, 4.69) is 54.0 Å². The fourth-order valence-electron chi connectivity index (χ4n) is 1.37. The largest absolute Gasteiger partial charge is 0.129 e. The summed E-state index contributed by atoms with van der Waals surface area (Å²) in [5.74, 6) is 0. The maximum absolute atomic E-state index is 2.36. The zero-order chi connectivity index (χ0) is 9.42. The molecule has 0 N–H and O–H groups in total. The van der Waals surface area contributed by atoms with Gasteiger partial charge in [0.25, 0.3) is 0 Å². The van der Waals surface area contributed by atoms with E-state index in [1.54, 1.807) is 0 Å². The first-order valence-corrected chi connectivity index (χ1v) is 7.07. The lowest BCUT2D eigenvalue weighted by molar-refractivity contribution is 1.47. The summed E-state index contributed by atoms with van der Waals surface area (Å²) in [5, 5.41) is 1.41. The number of benzene rings is 1. The molecule has 0 spiro atoms. The van der Waals surface area contributed by atoms with Gasteiger partial charge >= 0.3 is 0 Å². The fourth-order valence-corrected chi connectivity index (χ4v) is 4.07. The minimum atomic E-state index is 1.32. The van der Waals surface area contributed by atoms with Crippen LogP contribution in [0.3, 0.4) is 0 Å². The van der Waals surface area contributed by atoms with Gasteiger partial charge in [-0.15, -0.1) is 23.1 Å². The van der Waals surface area contributed by atoms with Crippen molar-refractivity contribution >= 4 is 55.8 Å². The SMILES string of the molecule is CSc1sc2cc(I)ccc2c1C. The van der Waals surface area contributed by atoms with Crippen molar-refractivity contribution in [3.8, 4) is 0 Å². The third-order valence-corrected chi connectivity index (χ3v) is 5.19. The Morgan fingerprint density at radius 1 is 1.38 bits per heavy atom. The molecule has 0 atom stereocenters. The van der Waals surface area contributed by atoms with Crippen LogP contribution in [0.25, 0.3) is 10.1 Å². The van der Waals surface area contributed by atoms with Crippen LogP contribution in [0.5, 0.6) is 0 Å². The third kappa shape index (κ3) is 1.74. The van der Waals surface area contributed by atoms with Crippen molar-refractivity contribution in [3.05, 3.63) is 27.3 Å². The van der Waals surface area contributed by atoms with Gasteiger partial charge < -0.3 is 0 Å². The number of thioether (sulfide) groups is 1. The molecule has 2 aromatic rings. The highest BCUT2D eigenvalue weighted by Gasteiger charge is 2.06. The molecule has 0 fully saturated rings. The Morgan fingerprint density at radius 3 is 2.85 bits per heavy atom. The number of aryl methyl sites for hydroxylation is 1. The Bertz CT molecular complexity index is 445. The highest BCUT2D eigenvalue weighted by Crippen LogP contribution is 2.36. The van der Waals surface area contributed by atoms with Gasteiger partial charge in [-0.25, -0.2) is 0 Å². The van der Waals surface area contributed by atoms with Crippen molar-refractivity contribution in [3.63, 3.8) is 0 Å². The number of hydrogen-bond acceptors (Lipinski definition) is 2. The van der Waals surface area contributed by atoms with Gasteiger partial charge in [-0.2, -0.15) is 0 Å². The molecule has 0 bridgehead atoms. The van der Waals surface area contributed by atoms with Gasteiger partial charge in [0.2, 0.25) is 0 Å². The molecular weight excluding hydrogens is 311 g/mol. The fraction of sp³-hybridized carbons (Fsp3) is 0.200. The van der Waals surface area contributed by atoms with Crippen molar-refractivity contribution in [1.29, 1.82) is 0 Å². The van der Waals surface area contributed by atoms with E-state index in [0.29, 0.717) is 0 Å². The topological polar surface area (TPSA) is 0 Å². The van der Waals surface area contributed by atoms with Gasteiger partial charge in [0.15, 0.2) is 0 Å². The first kappa shape index (κ1) is 9.80. The van der Waals surface area contributed by atoms with Crippen LogP contribution >= 0.6 is 45.7 Å². The molecule has 1 aromatic heterocycles. The molecule has 0 aliphatic heterocycles. The van der Waals surface area contributed by atoms with Gasteiger partial charge in [0.05, 0.1) is 4.21 Å². The van der Waals surface area contributed by atoms with E-state index in [0.717, 1.165) is 0 Å². The molecule has 0 nitrogen and oxygen atoms in total. The van der Waals surface area contributed by atoms with E-state index in [1.807, 2.05) is 23.1 Å². The molecule has 2 rings (SSSR count). The number of halogens is 1. The van der Waals surface area contributed by atoms with Gasteiger partial charge in [-0.3, -0.25) is 0 Å². The normalized spacial score (nSPS) is 11.0. The van der Waals surface area contributed by atoms with Crippen molar-refractivity contribution in [2.24, 2.45) is 0 Å². The Kier molecular flexibility index (Phi) is 2.86. The van der Waals surface area contributed by atoms with Crippen molar-refractivity contribution in [1.82, 2.24) is 0 Å². The van der Waals surface area contributed by atoms with E-state index in [9.17, 15) is 0 Å². The molecule has 0 saturated carbocycles. The standard InChI is InChI=1S/C10H9IS2/c1-6-8-4-3-7(11)5-9(8)13-10(6)12-2/h3-5H,1-2H3. The number of hydrogen-bond donors (Lipinski definition) is 0. The van der Waals surface area contributed by atoms with Crippen LogP contribution in [-0.4, -0.2) is 6.26 Å². The lowest BCUT2D eigenvalue weighted by atomic mass is 10.2. The smallest absolute Gasteiger partial charge is 0.0637 e. The van der Waals surface area contributed by atoms with Crippen LogP contribution in [0.1, 0.15) is 5.56 Å². The maximum atomic E-state index is 2.36. The lowest BCUT2D eigenvalue weighted by Gasteiger charge is -1.92. The molecule has 0 aliphatic rings. The monoisotopic (exact) mass is 320 g/mol. The van der Waals surface area contributed by atoms with Crippen LogP contribution in [0.15, 0.2) is 22.4 Å². The average molecular weight is 320 g/mol. The summed E-state index contributed by atoms with van der Waals surface area (Å²) in [4.78, 5) is 0. The van der Waals surface area contributed by atoms with E-state index in [1.165, 1.54) is 23.4 Å². The van der Waals surface area contributed by atoms with Crippen LogP contribution in [-0.2, 0) is 0 Å². The zero-order valence-corrected chi connectivity index (χ0v) is 11.2. The number of fused-ring (bicyclic) bond motifs is 1. The summed E-state index contributed by atoms with van der Waals surface area (Å²) in [6.07, 6.45) is 2.14. The summed E-state index contributed by atoms with van der Waals surface area (Å²) in [5.41, 5.74) is 1.43. The van der Waals surface area contributed by atoms with Crippen molar-refractivity contribution < 1.29 is 0 Å². The molecule has 3 heteroatoms. The summed E-state index contributed by atoms with van der Waals surface area (Å²) in [6.45, 7) is 2.21. The molecule has 0 aliphatic carbocycles. The Morgan fingerprint density at radius 2 is 2.15 bits per heavy atom. The van der Waals surface area contributed by atoms with Gasteiger partial charge in [-0.1, -0.05) is 6.07 Å². The first-order valence-electron chi connectivity index (χ1n) is 3.95. The van der Waals surface area contributed by atoms with Gasteiger partial charge in [0.1, 0.15) is 0 Å². The maximum Gasteiger partial charge on any atom is 0.0637 e. The molecule has 0 radical (unpaired) electrons. The van der Waals surface area contributed by atoms with E-state index in [4.69, 9.17) is 0 Å². The number of rotatable bonds is 1. The Hall–Kier alpha value is 0.260. The highest BCUT2D eigenvalue weighted by molar-refractivity contribution is 14.1. The van der Waals surface area contributed by atoms with Gasteiger partial charge in [-0.05, 0) is 58.9 Å². The van der Waals surface area contributed by atoms with E-state index >= 15 is 0 Å². The van der Waals surface area contributed by atoms with Crippen molar-refractivity contribution in [2.75, 3.05) is 6.26 Å². The molecule has 1 aromatic carbocycles. The van der Waals surface area contributed by atoms with Gasteiger partial charge in [0, 0.05) is 8.27 Å². The molecule has 13 heavy (non-hydrogen) atoms. The minimum Gasteiger partial charge on any atom is -0.129 e. The summed E-state index contributed by atoms with van der Waals surface area (Å²) in [6, 6.07) is 6.66. The van der Waals surface area contributed by atoms with E-state index < -0.39 is 0 Å². The molecular formula is C10H9IS2. The predicted molar refractivity (Wildman–Crippen MR) is 71.1 cm³/mol. The highest BCUT2D eigenvalue weighted by atomic mass is 127. The Balaban J connectivity index is 2.76. The predicted octanol–water partition coefficient (Wildman–Crippen LogP) is 4.54. The van der Waals surface area contributed by atoms with Crippen LogP contribution < -0.4 is 0 Å². The van der Waals surface area contributed by atoms with Crippen LogP contribution in [0.4, 0.5) is 0 Å². The number of thiophene rings is 1. The lowest BCUT2D eigenvalue weighted by Crippen LogP contribution is -1.71. The summed E-state index contributed by atoms with van der Waals surface area (Å²) < 4.78 is 4.17. The Labute approximate surface area is 99.9 Å². The first-order chi connectivity index (χ1) is 6.22. The molecule has 1 heterocycles. The molecule has 0 amide bonds. The van der Waals surface area contributed by atoms with Crippen molar-refractivity contribution in [2.45, 2.75) is 11.1 Å². The summed E-state index contributed by atoms with van der Waals surface area (Å²) >= 11 is 6.10. The second kappa shape index (κ2) is 3.79. The molecule has 0 unspecified atom stereocenters. The minimum absolute atomic E-state index is 1.32. The zero-order valence-electron chi connectivity index (χ0n) is 7.43. The average Bonchev–Trinajstić information content (AvgIpc) is 2.42. The second-order valence-corrected chi connectivity index (χ2v) is 6.23. The quantitative estimate of drug-likeness (QED) is 0.549. The van der Waals surface area contributed by atoms with E-state index in [-0.39, 0.29) is 0 Å². The van der Waals surface area contributed by atoms with Crippen LogP contribution in [0, 0.1) is 10.5 Å².